The predicted octanol–water partition coefficient (Wildman–Crippen LogP) is 2.97. The lowest BCUT2D eigenvalue weighted by Gasteiger charge is -2.01. The van der Waals surface area contributed by atoms with E-state index in [0.717, 1.165) is 5.92 Å². The Labute approximate surface area is 74.4 Å². The molecule has 1 aromatic rings. The first kappa shape index (κ1) is 9.27. The van der Waals surface area contributed by atoms with Gasteiger partial charge in [-0.3, -0.25) is 0 Å². The molecule has 0 aromatic heterocycles. The molecule has 1 heteroatoms. The molecular formula is C11H17N. The van der Waals surface area contributed by atoms with Gasteiger partial charge in [-0.05, 0) is 29.9 Å². The molecule has 0 saturated carbocycles. The SMILES string of the molecule is CCC1Cc2ccccc2C1.N. The summed E-state index contributed by atoms with van der Waals surface area (Å²) in [6.45, 7) is 2.29. The predicted molar refractivity (Wildman–Crippen MR) is 52.7 cm³/mol. The second kappa shape index (κ2) is 3.72. The molecule has 0 saturated heterocycles. The van der Waals surface area contributed by atoms with Crippen LogP contribution in [0.4, 0.5) is 0 Å². The van der Waals surface area contributed by atoms with Crippen LogP contribution in [-0.2, 0) is 12.8 Å². The van der Waals surface area contributed by atoms with Crippen molar-refractivity contribution in [2.75, 3.05) is 0 Å². The van der Waals surface area contributed by atoms with Gasteiger partial charge in [-0.2, -0.15) is 0 Å². The smallest absolute Gasteiger partial charge is 0.0245 e. The first-order valence-corrected chi connectivity index (χ1v) is 4.47. The highest BCUT2D eigenvalue weighted by atomic mass is 14.2. The van der Waals surface area contributed by atoms with Gasteiger partial charge in [-0.15, -0.1) is 0 Å². The summed E-state index contributed by atoms with van der Waals surface area (Å²) in [6.07, 6.45) is 3.95. The van der Waals surface area contributed by atoms with Crippen molar-refractivity contribution in [2.24, 2.45) is 5.92 Å². The zero-order valence-corrected chi connectivity index (χ0v) is 7.72. The van der Waals surface area contributed by atoms with Gasteiger partial charge in [0.15, 0.2) is 0 Å². The molecule has 0 bridgehead atoms. The summed E-state index contributed by atoms with van der Waals surface area (Å²) in [5, 5.41) is 0. The van der Waals surface area contributed by atoms with Crippen LogP contribution in [0.3, 0.4) is 0 Å². The summed E-state index contributed by atoms with van der Waals surface area (Å²) in [5.74, 6) is 0.924. The highest BCUT2D eigenvalue weighted by Crippen LogP contribution is 2.27. The first-order chi connectivity index (χ1) is 5.40. The first-order valence-electron chi connectivity index (χ1n) is 4.47. The minimum absolute atomic E-state index is 0. The Kier molecular flexibility index (Phi) is 2.88. The standard InChI is InChI=1S/C11H14.H3N/c1-2-9-7-10-5-3-4-6-11(10)8-9;/h3-6,9H,2,7-8H2,1H3;1H3. The van der Waals surface area contributed by atoms with Crippen molar-refractivity contribution in [1.29, 1.82) is 0 Å². The van der Waals surface area contributed by atoms with Crippen molar-refractivity contribution in [1.82, 2.24) is 6.15 Å². The number of hydrogen-bond donors (Lipinski definition) is 1. The summed E-state index contributed by atoms with van der Waals surface area (Å²) in [4.78, 5) is 0. The van der Waals surface area contributed by atoms with Crippen molar-refractivity contribution in [2.45, 2.75) is 26.2 Å². The van der Waals surface area contributed by atoms with E-state index >= 15 is 0 Å². The van der Waals surface area contributed by atoms with Gasteiger partial charge in [0.25, 0.3) is 0 Å². The van der Waals surface area contributed by atoms with Gasteiger partial charge in [-0.1, -0.05) is 37.6 Å². The number of fused-ring (bicyclic) bond motifs is 1. The maximum atomic E-state index is 2.29. The maximum Gasteiger partial charge on any atom is -0.0245 e. The Morgan fingerprint density at radius 2 is 1.67 bits per heavy atom. The Morgan fingerprint density at radius 3 is 2.08 bits per heavy atom. The van der Waals surface area contributed by atoms with Gasteiger partial charge in [0.2, 0.25) is 0 Å². The van der Waals surface area contributed by atoms with Gasteiger partial charge in [-0.25, -0.2) is 0 Å². The van der Waals surface area contributed by atoms with Crippen LogP contribution in [0.25, 0.3) is 0 Å². The van der Waals surface area contributed by atoms with Crippen LogP contribution in [-0.4, -0.2) is 0 Å². The fraction of sp³-hybridized carbons (Fsp3) is 0.455. The van der Waals surface area contributed by atoms with Gasteiger partial charge >= 0.3 is 0 Å². The van der Waals surface area contributed by atoms with Crippen molar-refractivity contribution in [3.05, 3.63) is 35.4 Å². The minimum atomic E-state index is 0. The fourth-order valence-corrected chi connectivity index (χ4v) is 1.94. The molecule has 1 aliphatic rings. The molecule has 0 spiro atoms. The van der Waals surface area contributed by atoms with E-state index in [1.807, 2.05) is 0 Å². The molecule has 1 nitrogen and oxygen atoms in total. The molecular weight excluding hydrogens is 146 g/mol. The Bertz CT molecular complexity index is 230. The second-order valence-corrected chi connectivity index (χ2v) is 3.45. The Hall–Kier alpha value is -0.820. The van der Waals surface area contributed by atoms with Crippen molar-refractivity contribution >= 4 is 0 Å². The molecule has 0 aliphatic heterocycles. The molecule has 66 valence electrons. The minimum Gasteiger partial charge on any atom is -0.344 e. The molecule has 12 heavy (non-hydrogen) atoms. The average molecular weight is 163 g/mol. The molecule has 0 amide bonds. The second-order valence-electron chi connectivity index (χ2n) is 3.45. The number of benzene rings is 1. The third-order valence-electron chi connectivity index (χ3n) is 2.71. The van der Waals surface area contributed by atoms with Crippen LogP contribution >= 0.6 is 0 Å². The summed E-state index contributed by atoms with van der Waals surface area (Å²) >= 11 is 0. The van der Waals surface area contributed by atoms with E-state index < -0.39 is 0 Å². The van der Waals surface area contributed by atoms with Gasteiger partial charge in [0.05, 0.1) is 0 Å². The lowest BCUT2D eigenvalue weighted by atomic mass is 10.0. The Morgan fingerprint density at radius 1 is 1.17 bits per heavy atom. The normalized spacial score (nSPS) is 15.4. The average Bonchev–Trinajstić information content (AvgIpc) is 2.46. The van der Waals surface area contributed by atoms with Gasteiger partial charge in [0.1, 0.15) is 0 Å². The highest BCUT2D eigenvalue weighted by molar-refractivity contribution is 5.31. The maximum absolute atomic E-state index is 2.29. The third kappa shape index (κ3) is 1.51. The van der Waals surface area contributed by atoms with E-state index in [2.05, 4.69) is 31.2 Å². The van der Waals surface area contributed by atoms with Gasteiger partial charge < -0.3 is 6.15 Å². The molecule has 1 aliphatic carbocycles. The molecule has 0 atom stereocenters. The van der Waals surface area contributed by atoms with E-state index in [1.54, 1.807) is 11.1 Å². The van der Waals surface area contributed by atoms with Crippen LogP contribution < -0.4 is 6.15 Å². The molecule has 0 radical (unpaired) electrons. The van der Waals surface area contributed by atoms with Gasteiger partial charge in [0, 0.05) is 0 Å². The van der Waals surface area contributed by atoms with Crippen molar-refractivity contribution < 1.29 is 0 Å². The fourth-order valence-electron chi connectivity index (χ4n) is 1.94. The van der Waals surface area contributed by atoms with E-state index in [9.17, 15) is 0 Å². The van der Waals surface area contributed by atoms with Crippen molar-refractivity contribution in [3.8, 4) is 0 Å². The summed E-state index contributed by atoms with van der Waals surface area (Å²) in [6, 6.07) is 8.84. The number of hydrogen-bond acceptors (Lipinski definition) is 1. The number of rotatable bonds is 1. The highest BCUT2D eigenvalue weighted by Gasteiger charge is 2.18. The molecule has 0 unspecified atom stereocenters. The van der Waals surface area contributed by atoms with Crippen LogP contribution in [0.2, 0.25) is 0 Å². The summed E-state index contributed by atoms with van der Waals surface area (Å²) in [7, 11) is 0. The summed E-state index contributed by atoms with van der Waals surface area (Å²) in [5.41, 5.74) is 3.17. The lowest BCUT2D eigenvalue weighted by molar-refractivity contribution is 0.543. The zero-order valence-electron chi connectivity index (χ0n) is 7.72. The topological polar surface area (TPSA) is 35.0 Å². The van der Waals surface area contributed by atoms with E-state index in [4.69, 9.17) is 0 Å². The largest absolute Gasteiger partial charge is 0.344 e. The van der Waals surface area contributed by atoms with Crippen LogP contribution in [0.1, 0.15) is 24.5 Å². The quantitative estimate of drug-likeness (QED) is 0.678. The molecule has 1 aromatic carbocycles. The molecule has 3 N–H and O–H groups in total. The summed E-state index contributed by atoms with van der Waals surface area (Å²) < 4.78 is 0. The van der Waals surface area contributed by atoms with Crippen molar-refractivity contribution in [3.63, 3.8) is 0 Å². The molecule has 0 fully saturated rings. The van der Waals surface area contributed by atoms with E-state index in [1.165, 1.54) is 19.3 Å². The van der Waals surface area contributed by atoms with Crippen LogP contribution in [0.5, 0.6) is 0 Å². The zero-order chi connectivity index (χ0) is 7.68. The van der Waals surface area contributed by atoms with Crippen LogP contribution in [0, 0.1) is 5.92 Å². The molecule has 0 heterocycles. The monoisotopic (exact) mass is 163 g/mol. The van der Waals surface area contributed by atoms with E-state index in [0.29, 0.717) is 0 Å². The molecule has 2 rings (SSSR count). The third-order valence-corrected chi connectivity index (χ3v) is 2.71. The van der Waals surface area contributed by atoms with E-state index in [-0.39, 0.29) is 6.15 Å². The van der Waals surface area contributed by atoms with Crippen LogP contribution in [0.15, 0.2) is 24.3 Å². The Balaban J connectivity index is 0.000000720. The lowest BCUT2D eigenvalue weighted by Crippen LogP contribution is -1.95.